The Kier molecular flexibility index (Phi) is 4.73. The molecule has 0 aromatic heterocycles. The predicted molar refractivity (Wildman–Crippen MR) is 77.5 cm³/mol. The zero-order valence-electron chi connectivity index (χ0n) is 12.4. The lowest BCUT2D eigenvalue weighted by Crippen LogP contribution is -2.28. The summed E-state index contributed by atoms with van der Waals surface area (Å²) in [7, 11) is -1.01. The molecule has 1 aliphatic rings. The van der Waals surface area contributed by atoms with Crippen LogP contribution in [0, 0.1) is 5.82 Å². The van der Waals surface area contributed by atoms with E-state index in [1.165, 1.54) is 20.3 Å². The van der Waals surface area contributed by atoms with Crippen LogP contribution in [-0.2, 0) is 9.84 Å². The molecule has 1 saturated heterocycles. The molecule has 0 radical (unpaired) electrons. The van der Waals surface area contributed by atoms with Gasteiger partial charge in [0.15, 0.2) is 21.3 Å². The van der Waals surface area contributed by atoms with Gasteiger partial charge in [-0.1, -0.05) is 0 Å². The number of sulfone groups is 1. The normalized spacial score (nSPS) is 19.3. The highest BCUT2D eigenvalue weighted by Crippen LogP contribution is 2.43. The first-order valence-corrected chi connectivity index (χ1v) is 8.64. The third-order valence-corrected chi connectivity index (χ3v) is 4.81. The van der Waals surface area contributed by atoms with Crippen LogP contribution in [0.1, 0.15) is 24.3 Å². The van der Waals surface area contributed by atoms with Crippen LogP contribution in [0.5, 0.6) is 11.5 Å². The Balaban J connectivity index is 2.65. The fraction of sp³-hybridized carbons (Fsp3) is 0.571. The van der Waals surface area contributed by atoms with Crippen molar-refractivity contribution in [2.75, 3.05) is 33.6 Å². The minimum atomic E-state index is -3.75. The smallest absolute Gasteiger partial charge is 0.182 e. The van der Waals surface area contributed by atoms with Crippen molar-refractivity contribution in [3.8, 4) is 11.5 Å². The van der Waals surface area contributed by atoms with Gasteiger partial charge in [0.05, 0.1) is 14.2 Å². The van der Waals surface area contributed by atoms with Crippen molar-refractivity contribution in [2.24, 2.45) is 0 Å². The van der Waals surface area contributed by atoms with Crippen molar-refractivity contribution in [1.29, 1.82) is 0 Å². The van der Waals surface area contributed by atoms with E-state index in [9.17, 15) is 12.8 Å². The van der Waals surface area contributed by atoms with Gasteiger partial charge in [0.2, 0.25) is 0 Å². The van der Waals surface area contributed by atoms with Gasteiger partial charge in [0, 0.05) is 24.3 Å². The number of rotatable bonds is 4. The van der Waals surface area contributed by atoms with Gasteiger partial charge < -0.3 is 14.8 Å². The van der Waals surface area contributed by atoms with E-state index >= 15 is 0 Å². The second-order valence-corrected chi connectivity index (χ2v) is 7.11. The van der Waals surface area contributed by atoms with Crippen LogP contribution in [-0.4, -0.2) is 42.0 Å². The van der Waals surface area contributed by atoms with Crippen LogP contribution >= 0.6 is 0 Å². The Morgan fingerprint density at radius 2 is 1.95 bits per heavy atom. The first-order chi connectivity index (χ1) is 9.90. The Labute approximate surface area is 124 Å². The van der Waals surface area contributed by atoms with Crippen molar-refractivity contribution in [1.82, 2.24) is 5.32 Å². The monoisotopic (exact) mass is 317 g/mol. The number of hydrogen-bond acceptors (Lipinski definition) is 5. The maximum atomic E-state index is 14.3. The van der Waals surface area contributed by atoms with E-state index < -0.39 is 20.5 Å². The molecule has 1 fully saturated rings. The minimum absolute atomic E-state index is 0.0550. The van der Waals surface area contributed by atoms with Crippen LogP contribution in [0.2, 0.25) is 0 Å². The molecule has 21 heavy (non-hydrogen) atoms. The second-order valence-electron chi connectivity index (χ2n) is 5.16. The molecule has 0 bridgehead atoms. The Morgan fingerprint density at radius 1 is 1.29 bits per heavy atom. The van der Waals surface area contributed by atoms with Gasteiger partial charge >= 0.3 is 0 Å². The largest absolute Gasteiger partial charge is 0.493 e. The number of ether oxygens (including phenoxy) is 2. The van der Waals surface area contributed by atoms with Gasteiger partial charge in [-0.15, -0.1) is 0 Å². The summed E-state index contributed by atoms with van der Waals surface area (Å²) in [4.78, 5) is -0.450. The van der Waals surface area contributed by atoms with Crippen LogP contribution in [0.4, 0.5) is 4.39 Å². The average molecular weight is 317 g/mol. The highest BCUT2D eigenvalue weighted by Gasteiger charge is 2.30. The van der Waals surface area contributed by atoms with Gasteiger partial charge in [-0.05, 0) is 25.5 Å². The van der Waals surface area contributed by atoms with Crippen molar-refractivity contribution in [3.05, 3.63) is 17.4 Å². The first kappa shape index (κ1) is 16.0. The summed E-state index contributed by atoms with van der Waals surface area (Å²) in [6.07, 6.45) is 2.82. The third kappa shape index (κ3) is 3.13. The van der Waals surface area contributed by atoms with Crippen LogP contribution in [0.15, 0.2) is 11.0 Å². The van der Waals surface area contributed by atoms with Crippen LogP contribution in [0.3, 0.4) is 0 Å². The highest BCUT2D eigenvalue weighted by molar-refractivity contribution is 7.90. The molecule has 1 aromatic carbocycles. The lowest BCUT2D eigenvalue weighted by molar-refractivity contribution is 0.332. The third-order valence-electron chi connectivity index (χ3n) is 3.69. The number of piperidine rings is 1. The molecule has 0 aliphatic carbocycles. The van der Waals surface area contributed by atoms with E-state index in [-0.39, 0.29) is 11.7 Å². The molecule has 1 unspecified atom stereocenters. The molecule has 1 aromatic rings. The van der Waals surface area contributed by atoms with E-state index in [0.717, 1.165) is 25.6 Å². The number of halogens is 1. The van der Waals surface area contributed by atoms with Crippen molar-refractivity contribution in [2.45, 2.75) is 23.7 Å². The zero-order chi connectivity index (χ0) is 15.6. The summed E-state index contributed by atoms with van der Waals surface area (Å²) in [5.41, 5.74) is 0.645. The molecule has 0 amide bonds. The fourth-order valence-corrected chi connectivity index (χ4v) is 3.70. The SMILES string of the molecule is COc1c(C2CCCNC2)cc(F)c(S(C)(=O)=O)c1OC. The Bertz CT molecular complexity index is 624. The predicted octanol–water partition coefficient (Wildman–Crippen LogP) is 1.71. The lowest BCUT2D eigenvalue weighted by atomic mass is 9.90. The highest BCUT2D eigenvalue weighted by atomic mass is 32.2. The molecule has 0 saturated carbocycles. The van der Waals surface area contributed by atoms with E-state index in [1.807, 2.05) is 0 Å². The van der Waals surface area contributed by atoms with E-state index in [0.29, 0.717) is 17.9 Å². The number of methoxy groups -OCH3 is 2. The quantitative estimate of drug-likeness (QED) is 0.916. The van der Waals surface area contributed by atoms with Crippen molar-refractivity contribution >= 4 is 9.84 Å². The molecular weight excluding hydrogens is 297 g/mol. The topological polar surface area (TPSA) is 64.6 Å². The zero-order valence-corrected chi connectivity index (χ0v) is 13.2. The van der Waals surface area contributed by atoms with Gasteiger partial charge in [0.25, 0.3) is 0 Å². The lowest BCUT2D eigenvalue weighted by Gasteiger charge is -2.26. The summed E-state index contributed by atoms with van der Waals surface area (Å²) >= 11 is 0. The summed E-state index contributed by atoms with van der Waals surface area (Å²) in [5, 5.41) is 3.25. The maximum absolute atomic E-state index is 14.3. The molecule has 7 heteroatoms. The summed E-state index contributed by atoms with van der Waals surface area (Å²) in [6, 6.07) is 1.26. The van der Waals surface area contributed by atoms with Crippen molar-refractivity contribution < 1.29 is 22.3 Å². The van der Waals surface area contributed by atoms with E-state index in [2.05, 4.69) is 5.32 Å². The summed E-state index contributed by atoms with van der Waals surface area (Å²) < 4.78 is 48.4. The number of hydrogen-bond donors (Lipinski definition) is 1. The van der Waals surface area contributed by atoms with Gasteiger partial charge in [-0.3, -0.25) is 0 Å². The van der Waals surface area contributed by atoms with E-state index in [1.54, 1.807) is 0 Å². The molecule has 1 aliphatic heterocycles. The van der Waals surface area contributed by atoms with Gasteiger partial charge in [-0.25, -0.2) is 12.8 Å². The molecule has 2 rings (SSSR count). The summed E-state index contributed by atoms with van der Waals surface area (Å²) in [6.45, 7) is 1.64. The average Bonchev–Trinajstić information content (AvgIpc) is 2.45. The van der Waals surface area contributed by atoms with Crippen LogP contribution < -0.4 is 14.8 Å². The first-order valence-electron chi connectivity index (χ1n) is 6.75. The Hall–Kier alpha value is -1.34. The van der Waals surface area contributed by atoms with Gasteiger partial charge in [0.1, 0.15) is 10.7 Å². The van der Waals surface area contributed by atoms with Gasteiger partial charge in [-0.2, -0.15) is 0 Å². The molecule has 1 heterocycles. The fourth-order valence-electron chi connectivity index (χ4n) is 2.77. The molecular formula is C14H20FNO4S. The summed E-state index contributed by atoms with van der Waals surface area (Å²) in [5.74, 6) is -0.477. The molecule has 118 valence electrons. The van der Waals surface area contributed by atoms with Crippen LogP contribution in [0.25, 0.3) is 0 Å². The number of nitrogens with one attached hydrogen (secondary N) is 1. The minimum Gasteiger partial charge on any atom is -0.493 e. The standard InChI is InChI=1S/C14H20FNO4S/c1-19-12-10(9-5-4-6-16-8-9)7-11(15)14(13(12)20-2)21(3,17)18/h7,9,16H,4-6,8H2,1-3H3. The molecule has 5 nitrogen and oxygen atoms in total. The maximum Gasteiger partial charge on any atom is 0.182 e. The second kappa shape index (κ2) is 6.19. The molecule has 0 spiro atoms. The Morgan fingerprint density at radius 3 is 2.43 bits per heavy atom. The molecule has 1 atom stereocenters. The van der Waals surface area contributed by atoms with E-state index in [4.69, 9.17) is 9.47 Å². The van der Waals surface area contributed by atoms with Crippen molar-refractivity contribution in [3.63, 3.8) is 0 Å². The molecule has 1 N–H and O–H groups in total. The number of benzene rings is 1.